The zero-order valence-corrected chi connectivity index (χ0v) is 18.0. The number of carbonyl (C=O) groups is 2. The van der Waals surface area contributed by atoms with E-state index in [1.165, 1.54) is 0 Å². The predicted molar refractivity (Wildman–Crippen MR) is 108 cm³/mol. The molecule has 6 rings (SSSR count). The zero-order chi connectivity index (χ0) is 20.8. The van der Waals surface area contributed by atoms with Gasteiger partial charge >= 0.3 is 5.97 Å². The quantitative estimate of drug-likeness (QED) is 0.416. The summed E-state index contributed by atoms with van der Waals surface area (Å²) in [5, 5.41) is 11.8. The van der Waals surface area contributed by atoms with Gasteiger partial charge in [0.25, 0.3) is 0 Å². The second-order valence-corrected chi connectivity index (χ2v) is 11.8. The second kappa shape index (κ2) is 4.74. The van der Waals surface area contributed by atoms with Gasteiger partial charge in [0.1, 0.15) is 11.9 Å². The van der Waals surface area contributed by atoms with Crippen LogP contribution in [0.2, 0.25) is 0 Å². The molecule has 5 fully saturated rings. The van der Waals surface area contributed by atoms with Crippen LogP contribution in [0.4, 0.5) is 0 Å². The Hall–Kier alpha value is -1.42. The highest BCUT2D eigenvalue weighted by Crippen LogP contribution is 2.87. The lowest BCUT2D eigenvalue weighted by Gasteiger charge is -2.44. The number of ether oxygens (including phenoxy) is 1. The Morgan fingerprint density at radius 2 is 1.97 bits per heavy atom. The zero-order valence-electron chi connectivity index (χ0n) is 18.0. The molecule has 1 N–H and O–H groups in total. The highest BCUT2D eigenvalue weighted by Gasteiger charge is 2.86. The second-order valence-electron chi connectivity index (χ2n) is 11.8. The van der Waals surface area contributed by atoms with Gasteiger partial charge in [-0.15, -0.1) is 0 Å². The van der Waals surface area contributed by atoms with Crippen LogP contribution in [0, 0.1) is 45.3 Å². The van der Waals surface area contributed by atoms with Crippen LogP contribution in [0.15, 0.2) is 24.3 Å². The van der Waals surface area contributed by atoms with Crippen molar-refractivity contribution >= 4 is 11.8 Å². The predicted octanol–water partition coefficient (Wildman–Crippen LogP) is 3.83. The van der Waals surface area contributed by atoms with Crippen molar-refractivity contribution in [3.8, 4) is 0 Å². The van der Waals surface area contributed by atoms with E-state index in [0.717, 1.165) is 6.42 Å². The summed E-state index contributed by atoms with van der Waals surface area (Å²) in [5.74, 6) is 0.852. The molecule has 0 aromatic heterocycles. The monoisotopic (exact) mass is 396 g/mol. The number of fused-ring (bicyclic) bond motifs is 4. The molecular formula is C25H32O4. The maximum atomic E-state index is 13.8. The number of Topliss-reactive ketones (excluding diaryl/α,β-unsaturated/α-hetero) is 1. The van der Waals surface area contributed by atoms with Crippen molar-refractivity contribution in [3.05, 3.63) is 24.3 Å². The molecule has 0 aromatic carbocycles. The molecule has 4 heteroatoms. The Kier molecular flexibility index (Phi) is 3.00. The van der Waals surface area contributed by atoms with Gasteiger partial charge in [-0.3, -0.25) is 4.79 Å². The van der Waals surface area contributed by atoms with Crippen LogP contribution in [-0.4, -0.2) is 28.6 Å². The summed E-state index contributed by atoms with van der Waals surface area (Å²) in [4.78, 5) is 26.2. The highest BCUT2D eigenvalue weighted by atomic mass is 16.6. The molecule has 6 aliphatic rings. The third-order valence-electron chi connectivity index (χ3n) is 10.9. The van der Waals surface area contributed by atoms with Gasteiger partial charge in [-0.05, 0) is 49.9 Å². The van der Waals surface area contributed by atoms with Gasteiger partial charge in [0, 0.05) is 40.1 Å². The van der Waals surface area contributed by atoms with E-state index in [9.17, 15) is 14.7 Å². The number of hydrogen-bond donors (Lipinski definition) is 1. The summed E-state index contributed by atoms with van der Waals surface area (Å²) < 4.78 is 5.96. The molecule has 0 amide bonds. The molecule has 2 bridgehead atoms. The van der Waals surface area contributed by atoms with E-state index in [1.54, 1.807) is 0 Å². The average Bonchev–Trinajstić information content (AvgIpc) is 3.02. The van der Waals surface area contributed by atoms with Crippen LogP contribution in [-0.2, 0) is 14.3 Å². The molecule has 1 aliphatic heterocycles. The van der Waals surface area contributed by atoms with Crippen molar-refractivity contribution in [2.45, 2.75) is 71.5 Å². The van der Waals surface area contributed by atoms with E-state index in [4.69, 9.17) is 4.74 Å². The summed E-state index contributed by atoms with van der Waals surface area (Å²) in [6.45, 7) is 12.7. The topological polar surface area (TPSA) is 63.6 Å². The molecule has 1 spiro atoms. The largest absolute Gasteiger partial charge is 0.458 e. The van der Waals surface area contributed by atoms with E-state index in [1.807, 2.05) is 6.92 Å². The Morgan fingerprint density at radius 3 is 2.62 bits per heavy atom. The van der Waals surface area contributed by atoms with Gasteiger partial charge in [-0.2, -0.15) is 0 Å². The smallest absolute Gasteiger partial charge is 0.334 e. The SMILES string of the molecule is C=C1C(=O)O[C@@H]2C3[C@]4(C)C=C[C@@]3(C[C@@]43C(=O)C[C@]4(C(C)C)CC43)[C@@](C)(O)CC[C@@H]12. The van der Waals surface area contributed by atoms with E-state index in [2.05, 4.69) is 39.5 Å². The Balaban J connectivity index is 1.56. The lowest BCUT2D eigenvalue weighted by Crippen LogP contribution is -2.49. The number of aliphatic hydroxyl groups is 1. The van der Waals surface area contributed by atoms with Crippen LogP contribution < -0.4 is 0 Å². The molecule has 4 nitrogen and oxygen atoms in total. The number of rotatable bonds is 1. The van der Waals surface area contributed by atoms with Crippen molar-refractivity contribution in [3.63, 3.8) is 0 Å². The van der Waals surface area contributed by atoms with Crippen molar-refractivity contribution < 1.29 is 19.4 Å². The fourth-order valence-corrected chi connectivity index (χ4v) is 9.16. The van der Waals surface area contributed by atoms with Gasteiger partial charge < -0.3 is 9.84 Å². The number of esters is 1. The standard InChI is InChI=1S/C25H32O4/c1-13(2)23-10-16(23)25(17(26)11-23)12-24-9-8-21(25,4)19(24)18-15(6-7-22(24,5)28)14(3)20(27)29-18/h8-9,13,15-16,18-19,28H,3,6-7,10-12H2,1-2,4-5H3/t15-,16?,18-,19?,21-,22-,23-,24-,25+/m0/s1. The fourth-order valence-electron chi connectivity index (χ4n) is 9.16. The molecule has 5 aliphatic carbocycles. The van der Waals surface area contributed by atoms with Crippen LogP contribution in [0.3, 0.4) is 0 Å². The molecule has 4 saturated carbocycles. The van der Waals surface area contributed by atoms with E-state index in [0.29, 0.717) is 48.9 Å². The molecule has 29 heavy (non-hydrogen) atoms. The third kappa shape index (κ3) is 1.62. The first-order chi connectivity index (χ1) is 13.5. The van der Waals surface area contributed by atoms with Crippen molar-refractivity contribution in [2.24, 2.45) is 45.3 Å². The first-order valence-corrected chi connectivity index (χ1v) is 11.3. The minimum atomic E-state index is -0.926. The first-order valence-electron chi connectivity index (χ1n) is 11.3. The first kappa shape index (κ1) is 18.4. The minimum absolute atomic E-state index is 0.0548. The van der Waals surface area contributed by atoms with Gasteiger partial charge in [-0.1, -0.05) is 39.5 Å². The van der Waals surface area contributed by atoms with E-state index >= 15 is 0 Å². The molecule has 156 valence electrons. The van der Waals surface area contributed by atoms with Crippen molar-refractivity contribution in [2.75, 3.05) is 0 Å². The Labute approximate surface area is 172 Å². The average molecular weight is 397 g/mol. The van der Waals surface area contributed by atoms with Gasteiger partial charge in [-0.25, -0.2) is 4.79 Å². The molecule has 2 unspecified atom stereocenters. The summed E-state index contributed by atoms with van der Waals surface area (Å²) in [5.41, 5.74) is -1.58. The highest BCUT2D eigenvalue weighted by molar-refractivity contribution is 5.94. The molecular weight excluding hydrogens is 364 g/mol. The van der Waals surface area contributed by atoms with Crippen LogP contribution in [0.1, 0.15) is 59.8 Å². The molecule has 0 aromatic rings. The summed E-state index contributed by atoms with van der Waals surface area (Å²) in [6, 6.07) is 0. The Bertz CT molecular complexity index is 914. The van der Waals surface area contributed by atoms with Crippen LogP contribution >= 0.6 is 0 Å². The summed E-state index contributed by atoms with van der Waals surface area (Å²) in [6.07, 6.45) is 7.95. The molecule has 1 saturated heterocycles. The minimum Gasteiger partial charge on any atom is -0.458 e. The van der Waals surface area contributed by atoms with Crippen LogP contribution in [0.5, 0.6) is 0 Å². The number of ketones is 1. The molecule has 0 radical (unpaired) electrons. The lowest BCUT2D eigenvalue weighted by atomic mass is 9.58. The maximum Gasteiger partial charge on any atom is 0.334 e. The van der Waals surface area contributed by atoms with E-state index in [-0.39, 0.29) is 34.7 Å². The molecule has 9 atom stereocenters. The fraction of sp³-hybridized carbons (Fsp3) is 0.760. The summed E-state index contributed by atoms with van der Waals surface area (Å²) >= 11 is 0. The number of allylic oxidation sites excluding steroid dienone is 1. The van der Waals surface area contributed by atoms with Crippen molar-refractivity contribution in [1.29, 1.82) is 0 Å². The third-order valence-corrected chi connectivity index (χ3v) is 10.9. The maximum absolute atomic E-state index is 13.8. The van der Waals surface area contributed by atoms with Crippen molar-refractivity contribution in [1.82, 2.24) is 0 Å². The van der Waals surface area contributed by atoms with Gasteiger partial charge in [0.05, 0.1) is 5.60 Å². The molecule has 1 heterocycles. The summed E-state index contributed by atoms with van der Waals surface area (Å²) in [7, 11) is 0. The number of carbonyl (C=O) groups excluding carboxylic acids is 2. The van der Waals surface area contributed by atoms with Gasteiger partial charge in [0.15, 0.2) is 0 Å². The van der Waals surface area contributed by atoms with Crippen LogP contribution in [0.25, 0.3) is 0 Å². The normalized spacial score (nSPS) is 59.2. The lowest BCUT2D eigenvalue weighted by molar-refractivity contribution is -0.148. The van der Waals surface area contributed by atoms with E-state index < -0.39 is 16.4 Å². The van der Waals surface area contributed by atoms with Gasteiger partial charge in [0.2, 0.25) is 0 Å². The Morgan fingerprint density at radius 1 is 1.24 bits per heavy atom. The number of hydrogen-bond acceptors (Lipinski definition) is 4.